The zero-order chi connectivity index (χ0) is 10.6. The molecule has 76 valence electrons. The molecular formula is C11H9NO3. The first kappa shape index (κ1) is 8.61. The van der Waals surface area contributed by atoms with Crippen molar-refractivity contribution >= 4 is 5.69 Å². The maximum absolute atomic E-state index is 10.8. The third-order valence-corrected chi connectivity index (χ3v) is 2.99. The molecule has 4 nitrogen and oxygen atoms in total. The second-order valence-electron chi connectivity index (χ2n) is 3.88. The molecule has 2 atom stereocenters. The van der Waals surface area contributed by atoms with Gasteiger partial charge in [-0.15, -0.1) is 0 Å². The largest absolute Gasteiger partial charge is 0.357 e. The monoisotopic (exact) mass is 203 g/mol. The third kappa shape index (κ3) is 0.995. The second-order valence-corrected chi connectivity index (χ2v) is 3.88. The molecule has 2 heterocycles. The Hall–Kier alpha value is -1.68. The molecule has 2 bridgehead atoms. The topological polar surface area (TPSA) is 52.4 Å². The molecule has 0 aliphatic carbocycles. The van der Waals surface area contributed by atoms with E-state index in [9.17, 15) is 10.1 Å². The number of nitro groups is 1. The fourth-order valence-electron chi connectivity index (χ4n) is 2.36. The van der Waals surface area contributed by atoms with Gasteiger partial charge >= 0.3 is 0 Å². The minimum atomic E-state index is -0.341. The van der Waals surface area contributed by atoms with Gasteiger partial charge in [0, 0.05) is 6.07 Å². The summed E-state index contributed by atoms with van der Waals surface area (Å²) in [6.45, 7) is 1.99. The van der Waals surface area contributed by atoms with Crippen molar-refractivity contribution in [1.29, 1.82) is 0 Å². The molecule has 2 unspecified atom stereocenters. The molecule has 4 heteroatoms. The number of benzene rings is 1. The van der Waals surface area contributed by atoms with Crippen LogP contribution in [0.25, 0.3) is 0 Å². The lowest BCUT2D eigenvalue weighted by Gasteiger charge is -2.10. The molecule has 15 heavy (non-hydrogen) atoms. The third-order valence-electron chi connectivity index (χ3n) is 2.99. The van der Waals surface area contributed by atoms with Gasteiger partial charge in [-0.2, -0.15) is 0 Å². The Kier molecular flexibility index (Phi) is 1.53. The van der Waals surface area contributed by atoms with Crippen LogP contribution < -0.4 is 0 Å². The van der Waals surface area contributed by atoms with Gasteiger partial charge in [-0.05, 0) is 24.1 Å². The van der Waals surface area contributed by atoms with Gasteiger partial charge in [0.15, 0.2) is 0 Å². The van der Waals surface area contributed by atoms with E-state index in [1.54, 1.807) is 6.07 Å². The van der Waals surface area contributed by atoms with Crippen LogP contribution in [0.2, 0.25) is 0 Å². The summed E-state index contributed by atoms with van der Waals surface area (Å²) in [5.41, 5.74) is 3.00. The molecule has 2 aliphatic heterocycles. The van der Waals surface area contributed by atoms with Crippen LogP contribution in [0, 0.1) is 10.1 Å². The maximum Gasteiger partial charge on any atom is 0.275 e. The van der Waals surface area contributed by atoms with Crippen LogP contribution >= 0.6 is 0 Å². The summed E-state index contributed by atoms with van der Waals surface area (Å²) in [6.07, 6.45) is 1.68. The first-order chi connectivity index (χ1) is 7.18. The predicted octanol–water partition coefficient (Wildman–Crippen LogP) is 2.67. The summed E-state index contributed by atoms with van der Waals surface area (Å²) >= 11 is 0. The van der Waals surface area contributed by atoms with Gasteiger partial charge in [0.25, 0.3) is 5.69 Å². The molecule has 1 aromatic carbocycles. The van der Waals surface area contributed by atoms with Crippen molar-refractivity contribution in [2.24, 2.45) is 0 Å². The van der Waals surface area contributed by atoms with Crippen molar-refractivity contribution in [2.45, 2.75) is 19.1 Å². The van der Waals surface area contributed by atoms with Crippen LogP contribution in [-0.4, -0.2) is 4.92 Å². The summed E-state index contributed by atoms with van der Waals surface area (Å²) in [5.74, 6) is 0. The highest BCUT2D eigenvalue weighted by atomic mass is 16.6. The highest BCUT2D eigenvalue weighted by Crippen LogP contribution is 2.52. The summed E-state index contributed by atoms with van der Waals surface area (Å²) in [4.78, 5) is 10.5. The molecule has 0 saturated heterocycles. The highest BCUT2D eigenvalue weighted by molar-refractivity contribution is 5.56. The van der Waals surface area contributed by atoms with Crippen molar-refractivity contribution in [2.75, 3.05) is 0 Å². The van der Waals surface area contributed by atoms with Crippen molar-refractivity contribution in [3.8, 4) is 0 Å². The lowest BCUT2D eigenvalue weighted by atomic mass is 9.91. The minimum absolute atomic E-state index is 0.0649. The predicted molar refractivity (Wildman–Crippen MR) is 53.4 cm³/mol. The zero-order valence-electron chi connectivity index (χ0n) is 8.14. The molecule has 2 aliphatic rings. The zero-order valence-corrected chi connectivity index (χ0v) is 8.14. The van der Waals surface area contributed by atoms with Crippen molar-refractivity contribution in [1.82, 2.24) is 0 Å². The molecule has 0 N–H and O–H groups in total. The molecule has 3 rings (SSSR count). The Balaban J connectivity index is 2.23. The van der Waals surface area contributed by atoms with Gasteiger partial charge in [0.1, 0.15) is 12.2 Å². The van der Waals surface area contributed by atoms with Crippen LogP contribution in [0.3, 0.4) is 0 Å². The normalized spacial score (nSPS) is 26.3. The minimum Gasteiger partial charge on any atom is -0.357 e. The first-order valence-corrected chi connectivity index (χ1v) is 4.79. The molecule has 0 saturated carbocycles. The Morgan fingerprint density at radius 1 is 1.47 bits per heavy atom. The molecule has 0 spiro atoms. The number of fused-ring (bicyclic) bond motifs is 5. The van der Waals surface area contributed by atoms with E-state index in [1.807, 2.05) is 19.1 Å². The number of ether oxygens (including phenoxy) is 1. The Bertz CT molecular complexity index is 493. The lowest BCUT2D eigenvalue weighted by molar-refractivity contribution is -0.385. The van der Waals surface area contributed by atoms with Crippen molar-refractivity contribution in [3.63, 3.8) is 0 Å². The van der Waals surface area contributed by atoms with Gasteiger partial charge in [-0.1, -0.05) is 12.1 Å². The average Bonchev–Trinajstić information content (AvgIpc) is 2.74. The summed E-state index contributed by atoms with van der Waals surface area (Å²) in [6, 6.07) is 5.16. The second kappa shape index (κ2) is 2.67. The number of nitrogens with zero attached hydrogens (tertiary/aromatic N) is 1. The van der Waals surface area contributed by atoms with E-state index in [0.717, 1.165) is 16.7 Å². The van der Waals surface area contributed by atoms with Gasteiger partial charge in [-0.25, -0.2) is 0 Å². The van der Waals surface area contributed by atoms with E-state index >= 15 is 0 Å². The van der Waals surface area contributed by atoms with Crippen molar-refractivity contribution in [3.05, 3.63) is 51.1 Å². The fourth-order valence-corrected chi connectivity index (χ4v) is 2.36. The van der Waals surface area contributed by atoms with Gasteiger partial charge in [0.05, 0.1) is 10.5 Å². The Labute approximate surface area is 86.3 Å². The van der Waals surface area contributed by atoms with E-state index in [4.69, 9.17) is 4.74 Å². The lowest BCUT2D eigenvalue weighted by Crippen LogP contribution is -2.01. The Morgan fingerprint density at radius 2 is 2.27 bits per heavy atom. The maximum atomic E-state index is 10.8. The van der Waals surface area contributed by atoms with Crippen LogP contribution in [0.15, 0.2) is 29.8 Å². The van der Waals surface area contributed by atoms with E-state index in [-0.39, 0.29) is 22.8 Å². The van der Waals surface area contributed by atoms with Crippen LogP contribution in [-0.2, 0) is 4.74 Å². The van der Waals surface area contributed by atoms with Crippen LogP contribution in [0.4, 0.5) is 5.69 Å². The fraction of sp³-hybridized carbons (Fsp3) is 0.273. The molecular weight excluding hydrogens is 194 g/mol. The van der Waals surface area contributed by atoms with E-state index < -0.39 is 0 Å². The van der Waals surface area contributed by atoms with Gasteiger partial charge in [0.2, 0.25) is 0 Å². The van der Waals surface area contributed by atoms with Gasteiger partial charge in [-0.3, -0.25) is 10.1 Å². The summed E-state index contributed by atoms with van der Waals surface area (Å²) in [7, 11) is 0. The number of hydrogen-bond acceptors (Lipinski definition) is 3. The molecule has 0 radical (unpaired) electrons. The highest BCUT2D eigenvalue weighted by Gasteiger charge is 2.41. The summed E-state index contributed by atoms with van der Waals surface area (Å²) in [5, 5.41) is 10.8. The SMILES string of the molecule is CC1=CC2OC1c1cccc([N+](=O)[O-])c12. The molecule has 1 aromatic rings. The van der Waals surface area contributed by atoms with E-state index in [1.165, 1.54) is 6.07 Å². The molecule has 0 fully saturated rings. The average molecular weight is 203 g/mol. The van der Waals surface area contributed by atoms with Crippen molar-refractivity contribution < 1.29 is 9.66 Å². The quantitative estimate of drug-likeness (QED) is 0.400. The smallest absolute Gasteiger partial charge is 0.275 e. The van der Waals surface area contributed by atoms with E-state index in [2.05, 4.69) is 0 Å². The van der Waals surface area contributed by atoms with E-state index in [0.29, 0.717) is 0 Å². The molecule has 0 amide bonds. The number of nitro benzene ring substituents is 1. The number of hydrogen-bond donors (Lipinski definition) is 0. The van der Waals surface area contributed by atoms with Crippen LogP contribution in [0.1, 0.15) is 30.3 Å². The number of rotatable bonds is 1. The Morgan fingerprint density at radius 3 is 3.00 bits per heavy atom. The standard InChI is InChI=1S/C11H9NO3/c1-6-5-9-10-7(11(6)15-9)3-2-4-8(10)12(13)14/h2-5,9,11H,1H3. The summed E-state index contributed by atoms with van der Waals surface area (Å²) < 4.78 is 5.65. The van der Waals surface area contributed by atoms with Crippen LogP contribution in [0.5, 0.6) is 0 Å². The van der Waals surface area contributed by atoms with Gasteiger partial charge < -0.3 is 4.74 Å². The molecule has 0 aromatic heterocycles. The first-order valence-electron chi connectivity index (χ1n) is 4.79.